The van der Waals surface area contributed by atoms with Crippen molar-refractivity contribution in [1.29, 1.82) is 0 Å². The highest BCUT2D eigenvalue weighted by atomic mass is 35.5. The quantitative estimate of drug-likeness (QED) is 0.399. The summed E-state index contributed by atoms with van der Waals surface area (Å²) in [6.45, 7) is -0.378. The molecule has 3 aromatic rings. The number of sulfonamides is 1. The summed E-state index contributed by atoms with van der Waals surface area (Å²) in [6, 6.07) is 17.5. The normalized spacial score (nSPS) is 11.5. The van der Waals surface area contributed by atoms with Crippen molar-refractivity contribution in [3.8, 4) is 0 Å². The van der Waals surface area contributed by atoms with Crippen molar-refractivity contribution in [2.75, 3.05) is 6.54 Å². The van der Waals surface area contributed by atoms with Crippen LogP contribution in [0.5, 0.6) is 0 Å². The standard InChI is InChI=1S/C22H18Cl4N2O3S/c23-17-7-9-19(10-8-17)32(30,31)28(13-16-3-1-2-4-20(16)25)14-22(29)27-12-15-5-6-18(24)11-21(15)26/h1-11H,12-14H2,(H,27,29). The van der Waals surface area contributed by atoms with E-state index in [9.17, 15) is 13.2 Å². The molecule has 0 radical (unpaired) electrons. The van der Waals surface area contributed by atoms with E-state index in [-0.39, 0.29) is 18.0 Å². The van der Waals surface area contributed by atoms with Gasteiger partial charge in [0.1, 0.15) is 0 Å². The Morgan fingerprint density at radius 3 is 2.12 bits per heavy atom. The molecule has 0 saturated carbocycles. The SMILES string of the molecule is O=C(CN(Cc1ccccc1Cl)S(=O)(=O)c1ccc(Cl)cc1)NCc1ccc(Cl)cc1Cl. The van der Waals surface area contributed by atoms with Gasteiger partial charge in [0, 0.05) is 33.2 Å². The van der Waals surface area contributed by atoms with Crippen LogP contribution in [-0.2, 0) is 27.9 Å². The summed E-state index contributed by atoms with van der Waals surface area (Å²) in [4.78, 5) is 12.7. The highest BCUT2D eigenvalue weighted by Gasteiger charge is 2.27. The maximum Gasteiger partial charge on any atom is 0.243 e. The fourth-order valence-electron chi connectivity index (χ4n) is 2.87. The molecule has 0 spiro atoms. The van der Waals surface area contributed by atoms with E-state index in [2.05, 4.69) is 5.32 Å². The molecule has 0 atom stereocenters. The van der Waals surface area contributed by atoms with E-state index in [0.29, 0.717) is 31.2 Å². The number of halogens is 4. The third-order valence-electron chi connectivity index (χ3n) is 4.57. The lowest BCUT2D eigenvalue weighted by molar-refractivity contribution is -0.121. The first-order chi connectivity index (χ1) is 15.2. The number of nitrogens with zero attached hydrogens (tertiary/aromatic N) is 1. The molecule has 0 unspecified atom stereocenters. The number of carbonyl (C=O) groups is 1. The van der Waals surface area contributed by atoms with Crippen molar-refractivity contribution in [3.05, 3.63) is 97.9 Å². The number of amides is 1. The smallest absolute Gasteiger partial charge is 0.243 e. The van der Waals surface area contributed by atoms with E-state index in [0.717, 1.165) is 4.31 Å². The number of hydrogen-bond acceptors (Lipinski definition) is 3. The maximum absolute atomic E-state index is 13.3. The molecule has 0 fully saturated rings. The van der Waals surface area contributed by atoms with Crippen LogP contribution in [0.4, 0.5) is 0 Å². The Hall–Kier alpha value is -1.80. The maximum atomic E-state index is 13.3. The van der Waals surface area contributed by atoms with Crippen molar-refractivity contribution < 1.29 is 13.2 Å². The van der Waals surface area contributed by atoms with Gasteiger partial charge in [-0.3, -0.25) is 4.79 Å². The Kier molecular flexibility index (Phi) is 8.44. The Morgan fingerprint density at radius 1 is 0.812 bits per heavy atom. The highest BCUT2D eigenvalue weighted by Crippen LogP contribution is 2.24. The molecule has 168 valence electrons. The first kappa shape index (κ1) is 24.8. The second-order valence-electron chi connectivity index (χ2n) is 6.83. The molecule has 10 heteroatoms. The first-order valence-corrected chi connectivity index (χ1v) is 12.3. The minimum absolute atomic E-state index is 0.0162. The molecule has 0 saturated heterocycles. The monoisotopic (exact) mass is 530 g/mol. The zero-order valence-corrected chi connectivity index (χ0v) is 20.4. The van der Waals surface area contributed by atoms with Gasteiger partial charge >= 0.3 is 0 Å². The predicted octanol–water partition coefficient (Wildman–Crippen LogP) is 5.81. The van der Waals surface area contributed by atoms with Gasteiger partial charge in [-0.05, 0) is 53.6 Å². The molecule has 0 aromatic heterocycles. The van der Waals surface area contributed by atoms with Gasteiger partial charge in [0.25, 0.3) is 0 Å². The van der Waals surface area contributed by atoms with E-state index in [1.807, 2.05) is 0 Å². The molecule has 0 aliphatic carbocycles. The van der Waals surface area contributed by atoms with Crippen LogP contribution in [0.1, 0.15) is 11.1 Å². The Balaban J connectivity index is 1.82. The van der Waals surface area contributed by atoms with Crippen molar-refractivity contribution in [2.45, 2.75) is 18.0 Å². The Bertz CT molecular complexity index is 1220. The van der Waals surface area contributed by atoms with Crippen molar-refractivity contribution in [2.24, 2.45) is 0 Å². The highest BCUT2D eigenvalue weighted by molar-refractivity contribution is 7.89. The van der Waals surface area contributed by atoms with Gasteiger partial charge in [-0.15, -0.1) is 0 Å². The number of nitrogens with one attached hydrogen (secondary N) is 1. The third-order valence-corrected chi connectivity index (χ3v) is 7.58. The fraction of sp³-hybridized carbons (Fsp3) is 0.136. The molecule has 0 aliphatic heterocycles. The van der Waals surface area contributed by atoms with Crippen LogP contribution in [0, 0.1) is 0 Å². The number of rotatable bonds is 8. The van der Waals surface area contributed by atoms with Crippen LogP contribution < -0.4 is 5.32 Å². The lowest BCUT2D eigenvalue weighted by Crippen LogP contribution is -2.40. The van der Waals surface area contributed by atoms with E-state index in [1.165, 1.54) is 24.3 Å². The number of hydrogen-bond donors (Lipinski definition) is 1. The molecule has 5 nitrogen and oxygen atoms in total. The van der Waals surface area contributed by atoms with Crippen LogP contribution >= 0.6 is 46.4 Å². The van der Waals surface area contributed by atoms with Crippen LogP contribution in [0.15, 0.2) is 71.6 Å². The second-order valence-corrected chi connectivity index (χ2v) is 10.5. The van der Waals surface area contributed by atoms with E-state index in [1.54, 1.807) is 42.5 Å². The Morgan fingerprint density at radius 2 is 1.47 bits per heavy atom. The molecule has 32 heavy (non-hydrogen) atoms. The summed E-state index contributed by atoms with van der Waals surface area (Å²) in [6.07, 6.45) is 0. The van der Waals surface area contributed by atoms with Gasteiger partial charge in [0.05, 0.1) is 11.4 Å². The molecular formula is C22H18Cl4N2O3S. The molecule has 3 rings (SSSR count). The molecular weight excluding hydrogens is 514 g/mol. The average molecular weight is 532 g/mol. The summed E-state index contributed by atoms with van der Waals surface area (Å²) < 4.78 is 27.6. The summed E-state index contributed by atoms with van der Waals surface area (Å²) >= 11 is 24.2. The molecule has 0 aliphatic rings. The number of carbonyl (C=O) groups excluding carboxylic acids is 1. The first-order valence-electron chi connectivity index (χ1n) is 9.36. The zero-order chi connectivity index (χ0) is 23.3. The van der Waals surface area contributed by atoms with Gasteiger partial charge in [0.2, 0.25) is 15.9 Å². The summed E-state index contributed by atoms with van der Waals surface area (Å²) in [5.74, 6) is -0.499. The predicted molar refractivity (Wildman–Crippen MR) is 129 cm³/mol. The minimum Gasteiger partial charge on any atom is -0.351 e. The average Bonchev–Trinajstić information content (AvgIpc) is 2.74. The summed E-state index contributed by atoms with van der Waals surface area (Å²) in [5, 5.41) is 4.38. The van der Waals surface area contributed by atoms with Crippen LogP contribution in [0.2, 0.25) is 20.1 Å². The minimum atomic E-state index is -4.01. The van der Waals surface area contributed by atoms with Crippen molar-refractivity contribution >= 4 is 62.3 Å². The van der Waals surface area contributed by atoms with Crippen molar-refractivity contribution in [1.82, 2.24) is 9.62 Å². The lowest BCUT2D eigenvalue weighted by atomic mass is 10.2. The number of benzene rings is 3. The molecule has 0 heterocycles. The van der Waals surface area contributed by atoms with Gasteiger partial charge in [-0.25, -0.2) is 8.42 Å². The van der Waals surface area contributed by atoms with Crippen molar-refractivity contribution in [3.63, 3.8) is 0 Å². The summed E-state index contributed by atoms with van der Waals surface area (Å²) in [5.41, 5.74) is 1.22. The topological polar surface area (TPSA) is 66.5 Å². The largest absolute Gasteiger partial charge is 0.351 e. The lowest BCUT2D eigenvalue weighted by Gasteiger charge is -2.22. The van der Waals surface area contributed by atoms with Gasteiger partial charge in [0.15, 0.2) is 0 Å². The van der Waals surface area contributed by atoms with Gasteiger partial charge in [-0.1, -0.05) is 70.7 Å². The zero-order valence-electron chi connectivity index (χ0n) is 16.6. The van der Waals surface area contributed by atoms with E-state index >= 15 is 0 Å². The molecule has 3 aromatic carbocycles. The molecule has 1 N–H and O–H groups in total. The molecule has 0 bridgehead atoms. The van der Waals surface area contributed by atoms with E-state index < -0.39 is 22.5 Å². The van der Waals surface area contributed by atoms with Crippen LogP contribution in [0.3, 0.4) is 0 Å². The van der Waals surface area contributed by atoms with Crippen LogP contribution in [-0.4, -0.2) is 25.2 Å². The molecule has 1 amide bonds. The third kappa shape index (κ3) is 6.38. The fourth-order valence-corrected chi connectivity index (χ4v) is 5.04. The summed E-state index contributed by atoms with van der Waals surface area (Å²) in [7, 11) is -4.01. The second kappa shape index (κ2) is 10.9. The van der Waals surface area contributed by atoms with Gasteiger partial charge in [-0.2, -0.15) is 4.31 Å². The van der Waals surface area contributed by atoms with E-state index in [4.69, 9.17) is 46.4 Å². The van der Waals surface area contributed by atoms with Gasteiger partial charge < -0.3 is 5.32 Å². The Labute approximate surface area is 206 Å². The van der Waals surface area contributed by atoms with Crippen LogP contribution in [0.25, 0.3) is 0 Å².